The molecule has 23 heavy (non-hydrogen) atoms. The maximum atomic E-state index is 5.74. The zero-order chi connectivity index (χ0) is 15.7. The van der Waals surface area contributed by atoms with Crippen LogP contribution in [0.4, 0.5) is 17.6 Å². The molecule has 0 amide bonds. The van der Waals surface area contributed by atoms with E-state index in [9.17, 15) is 0 Å². The second-order valence-electron chi connectivity index (χ2n) is 5.68. The predicted molar refractivity (Wildman–Crippen MR) is 80.4 cm³/mol. The lowest BCUT2D eigenvalue weighted by molar-refractivity contribution is -0.169. The molecule has 4 heterocycles. The normalized spacial score (nSPS) is 20.1. The van der Waals surface area contributed by atoms with Crippen molar-refractivity contribution in [3.05, 3.63) is 18.0 Å². The van der Waals surface area contributed by atoms with Crippen molar-refractivity contribution in [1.29, 1.82) is 0 Å². The molecule has 2 fully saturated rings. The molecule has 0 atom stereocenters. The maximum Gasteiger partial charge on any atom is 0.250 e. The predicted octanol–water partition coefficient (Wildman–Crippen LogP) is 1.25. The van der Waals surface area contributed by atoms with Gasteiger partial charge in [0.05, 0.1) is 19.4 Å². The van der Waals surface area contributed by atoms with E-state index in [0.717, 1.165) is 37.5 Å². The number of hydrogen-bond donors (Lipinski definition) is 1. The molecule has 0 saturated carbocycles. The lowest BCUT2D eigenvalue weighted by Crippen LogP contribution is -2.45. The van der Waals surface area contributed by atoms with E-state index in [2.05, 4.69) is 30.6 Å². The molecule has 2 aromatic rings. The van der Waals surface area contributed by atoms with E-state index in [1.165, 1.54) is 0 Å². The summed E-state index contributed by atoms with van der Waals surface area (Å²) in [7, 11) is 0. The SMILES string of the molecule is Cc1cc(Nc2nncc(N3CCC4(CC3)OCCO4)n2)no1. The minimum atomic E-state index is -0.393. The number of anilines is 3. The first-order valence-corrected chi connectivity index (χ1v) is 7.65. The van der Waals surface area contributed by atoms with Crippen molar-refractivity contribution in [3.8, 4) is 0 Å². The zero-order valence-corrected chi connectivity index (χ0v) is 12.9. The van der Waals surface area contributed by atoms with Gasteiger partial charge in [0.15, 0.2) is 17.4 Å². The Labute approximate surface area is 133 Å². The molecule has 9 nitrogen and oxygen atoms in total. The largest absolute Gasteiger partial charge is 0.360 e. The van der Waals surface area contributed by atoms with Gasteiger partial charge >= 0.3 is 0 Å². The van der Waals surface area contributed by atoms with E-state index in [-0.39, 0.29) is 0 Å². The number of rotatable bonds is 3. The standard InChI is InChI=1S/C14H18N6O3/c1-10-8-11(19-23-10)16-13-17-12(9-15-18-13)20-4-2-14(3-5-20)21-6-7-22-14/h8-9H,2-7H2,1H3,(H,16,17,18,19). The monoisotopic (exact) mass is 318 g/mol. The quantitative estimate of drug-likeness (QED) is 0.896. The summed E-state index contributed by atoms with van der Waals surface area (Å²) in [6, 6.07) is 1.77. The summed E-state index contributed by atoms with van der Waals surface area (Å²) in [5.41, 5.74) is 0. The maximum absolute atomic E-state index is 5.74. The molecule has 2 aliphatic heterocycles. The van der Waals surface area contributed by atoms with Crippen LogP contribution < -0.4 is 10.2 Å². The van der Waals surface area contributed by atoms with Crippen LogP contribution in [-0.2, 0) is 9.47 Å². The molecule has 2 aliphatic rings. The summed E-state index contributed by atoms with van der Waals surface area (Å²) >= 11 is 0. The zero-order valence-electron chi connectivity index (χ0n) is 12.9. The minimum absolute atomic E-state index is 0.393. The average molecular weight is 318 g/mol. The molecule has 0 bridgehead atoms. The molecule has 1 N–H and O–H groups in total. The van der Waals surface area contributed by atoms with Crippen LogP contribution in [0.1, 0.15) is 18.6 Å². The van der Waals surface area contributed by atoms with Crippen molar-refractivity contribution in [2.24, 2.45) is 0 Å². The van der Waals surface area contributed by atoms with Crippen molar-refractivity contribution < 1.29 is 14.0 Å². The van der Waals surface area contributed by atoms with Crippen LogP contribution in [0.15, 0.2) is 16.8 Å². The topological polar surface area (TPSA) is 98.4 Å². The van der Waals surface area contributed by atoms with Crippen LogP contribution in [0.5, 0.6) is 0 Å². The van der Waals surface area contributed by atoms with Crippen LogP contribution in [0.3, 0.4) is 0 Å². The van der Waals surface area contributed by atoms with Gasteiger partial charge in [-0.1, -0.05) is 5.16 Å². The van der Waals surface area contributed by atoms with Gasteiger partial charge < -0.3 is 24.2 Å². The fourth-order valence-electron chi connectivity index (χ4n) is 2.90. The van der Waals surface area contributed by atoms with Crippen LogP contribution >= 0.6 is 0 Å². The molecule has 1 spiro atoms. The molecular weight excluding hydrogens is 300 g/mol. The summed E-state index contributed by atoms with van der Waals surface area (Å²) in [5.74, 6) is 2.05. The van der Waals surface area contributed by atoms with E-state index in [4.69, 9.17) is 14.0 Å². The van der Waals surface area contributed by atoms with E-state index in [1.807, 2.05) is 6.92 Å². The highest BCUT2D eigenvalue weighted by Gasteiger charge is 2.40. The second-order valence-corrected chi connectivity index (χ2v) is 5.68. The summed E-state index contributed by atoms with van der Waals surface area (Å²) in [6.45, 7) is 4.80. The van der Waals surface area contributed by atoms with Gasteiger partial charge in [-0.15, -0.1) is 5.10 Å². The van der Waals surface area contributed by atoms with E-state index < -0.39 is 5.79 Å². The average Bonchev–Trinajstić information content (AvgIpc) is 3.18. The molecule has 0 aromatic carbocycles. The first-order valence-electron chi connectivity index (χ1n) is 7.65. The Bertz CT molecular complexity index is 675. The third-order valence-corrected chi connectivity index (χ3v) is 4.08. The highest BCUT2D eigenvalue weighted by atomic mass is 16.7. The first kappa shape index (κ1) is 14.3. The summed E-state index contributed by atoms with van der Waals surface area (Å²) in [4.78, 5) is 6.65. The Morgan fingerprint density at radius 2 is 2.00 bits per heavy atom. The van der Waals surface area contributed by atoms with Crippen molar-refractivity contribution in [2.75, 3.05) is 36.5 Å². The van der Waals surface area contributed by atoms with Gasteiger partial charge in [-0.3, -0.25) is 0 Å². The van der Waals surface area contributed by atoms with Gasteiger partial charge in [-0.25, -0.2) is 0 Å². The Hall–Kier alpha value is -2.26. The summed E-state index contributed by atoms with van der Waals surface area (Å²) in [6.07, 6.45) is 3.30. The molecule has 4 rings (SSSR count). The van der Waals surface area contributed by atoms with Gasteiger partial charge in [0.1, 0.15) is 5.76 Å². The van der Waals surface area contributed by atoms with Crippen molar-refractivity contribution in [3.63, 3.8) is 0 Å². The summed E-state index contributed by atoms with van der Waals surface area (Å²) in [5, 5.41) is 14.8. The fourth-order valence-corrected chi connectivity index (χ4v) is 2.90. The van der Waals surface area contributed by atoms with Gasteiger partial charge in [-0.2, -0.15) is 10.1 Å². The molecule has 0 radical (unpaired) electrons. The Balaban J connectivity index is 1.44. The van der Waals surface area contributed by atoms with E-state index in [0.29, 0.717) is 25.0 Å². The molecule has 2 saturated heterocycles. The van der Waals surface area contributed by atoms with Gasteiger partial charge in [0.25, 0.3) is 0 Å². The number of aromatic nitrogens is 4. The number of aryl methyl sites for hydroxylation is 1. The number of ether oxygens (including phenoxy) is 2. The van der Waals surface area contributed by atoms with Crippen LogP contribution in [0.25, 0.3) is 0 Å². The van der Waals surface area contributed by atoms with Crippen molar-refractivity contribution in [1.82, 2.24) is 20.3 Å². The number of nitrogens with zero attached hydrogens (tertiary/aromatic N) is 5. The van der Waals surface area contributed by atoms with Gasteiger partial charge in [0.2, 0.25) is 5.95 Å². The second kappa shape index (κ2) is 5.74. The van der Waals surface area contributed by atoms with Crippen LogP contribution in [0.2, 0.25) is 0 Å². The highest BCUT2D eigenvalue weighted by Crippen LogP contribution is 2.32. The third kappa shape index (κ3) is 2.97. The number of nitrogens with one attached hydrogen (secondary N) is 1. The molecule has 122 valence electrons. The molecule has 0 unspecified atom stereocenters. The highest BCUT2D eigenvalue weighted by molar-refractivity contribution is 5.49. The van der Waals surface area contributed by atoms with Crippen LogP contribution in [-0.4, -0.2) is 52.4 Å². The first-order chi connectivity index (χ1) is 11.2. The van der Waals surface area contributed by atoms with E-state index in [1.54, 1.807) is 12.3 Å². The van der Waals surface area contributed by atoms with Gasteiger partial charge in [-0.05, 0) is 6.92 Å². The number of piperidine rings is 1. The lowest BCUT2D eigenvalue weighted by Gasteiger charge is -2.37. The molecule has 0 aliphatic carbocycles. The Kier molecular flexibility index (Phi) is 3.58. The fraction of sp³-hybridized carbons (Fsp3) is 0.571. The molecular formula is C14H18N6O3. The van der Waals surface area contributed by atoms with Gasteiger partial charge in [0, 0.05) is 32.0 Å². The third-order valence-electron chi connectivity index (χ3n) is 4.08. The Morgan fingerprint density at radius 3 is 2.70 bits per heavy atom. The lowest BCUT2D eigenvalue weighted by atomic mass is 10.0. The number of hydrogen-bond acceptors (Lipinski definition) is 9. The molecule has 2 aromatic heterocycles. The van der Waals surface area contributed by atoms with Crippen molar-refractivity contribution >= 4 is 17.6 Å². The smallest absolute Gasteiger partial charge is 0.250 e. The Morgan fingerprint density at radius 1 is 1.22 bits per heavy atom. The van der Waals surface area contributed by atoms with Crippen LogP contribution in [0, 0.1) is 6.92 Å². The van der Waals surface area contributed by atoms with Crippen molar-refractivity contribution in [2.45, 2.75) is 25.6 Å². The molecule has 9 heteroatoms. The summed E-state index contributed by atoms with van der Waals surface area (Å²) < 4.78 is 16.5. The van der Waals surface area contributed by atoms with E-state index >= 15 is 0 Å². The minimum Gasteiger partial charge on any atom is -0.360 e.